The number of amides is 1. The maximum atomic E-state index is 11.1. The molecule has 0 bridgehead atoms. The highest BCUT2D eigenvalue weighted by Crippen LogP contribution is 2.21. The Kier molecular flexibility index (Phi) is 12.5. The van der Waals surface area contributed by atoms with Gasteiger partial charge in [-0.1, -0.05) is 84.4 Å². The van der Waals surface area contributed by atoms with Gasteiger partial charge in [0.05, 0.1) is 0 Å². The van der Waals surface area contributed by atoms with E-state index in [-0.39, 0.29) is 11.9 Å². The minimum absolute atomic E-state index is 0.00107. The van der Waals surface area contributed by atoms with Gasteiger partial charge in [-0.15, -0.1) is 20.4 Å². The molecule has 2 aromatic heterocycles. The first-order valence-electron chi connectivity index (χ1n) is 14.1. The number of carbonyl (C=O) groups excluding carboxylic acids is 1. The molecule has 1 N–H and O–H groups in total. The fourth-order valence-electron chi connectivity index (χ4n) is 3.93. The average Bonchev–Trinajstić information content (AvgIpc) is 3.05. The molecule has 5 rings (SSSR count). The van der Waals surface area contributed by atoms with E-state index in [1.807, 2.05) is 91.9 Å². The van der Waals surface area contributed by atoms with Crippen LogP contribution in [0.1, 0.15) is 37.0 Å². The monoisotopic (exact) mass is 611 g/mol. The van der Waals surface area contributed by atoms with Crippen molar-refractivity contribution in [2.24, 2.45) is 0 Å². The number of nitrogens with zero attached hydrogens (tertiary/aromatic N) is 4. The van der Waals surface area contributed by atoms with Gasteiger partial charge < -0.3 is 19.5 Å². The molecule has 0 radical (unpaired) electrons. The number of halogens is 1. The molecule has 3 aromatic carbocycles. The molecule has 44 heavy (non-hydrogen) atoms. The van der Waals surface area contributed by atoms with Gasteiger partial charge in [-0.2, -0.15) is 0 Å². The minimum atomic E-state index is -0.00107. The normalized spacial score (nSPS) is 11.0. The molecule has 5 aromatic rings. The van der Waals surface area contributed by atoms with Crippen LogP contribution in [-0.4, -0.2) is 32.3 Å². The van der Waals surface area contributed by atoms with E-state index in [2.05, 4.69) is 25.7 Å². The maximum absolute atomic E-state index is 11.1. The van der Waals surface area contributed by atoms with Crippen LogP contribution in [0, 0.1) is 0 Å². The highest BCUT2D eigenvalue weighted by atomic mass is 35.5. The fourth-order valence-corrected chi connectivity index (χ4v) is 4.03. The van der Waals surface area contributed by atoms with Crippen LogP contribution in [0.2, 0.25) is 5.15 Å². The van der Waals surface area contributed by atoms with Crippen LogP contribution in [0.5, 0.6) is 23.4 Å². The average molecular weight is 612 g/mol. The van der Waals surface area contributed by atoms with E-state index in [9.17, 15) is 4.79 Å². The summed E-state index contributed by atoms with van der Waals surface area (Å²) in [5.74, 6) is 2.02. The smallest absolute Gasteiger partial charge is 0.239 e. The Hall–Kier alpha value is -5.02. The fraction of sp³-hybridized carbons (Fsp3) is 0.206. The molecule has 10 heteroatoms. The molecule has 2 heterocycles. The van der Waals surface area contributed by atoms with E-state index in [4.69, 9.17) is 25.8 Å². The molecule has 226 valence electrons. The van der Waals surface area contributed by atoms with Gasteiger partial charge in [0.25, 0.3) is 0 Å². The predicted octanol–water partition coefficient (Wildman–Crippen LogP) is 7.01. The van der Waals surface area contributed by atoms with E-state index < -0.39 is 0 Å². The first-order chi connectivity index (χ1) is 21.4. The second-order valence-corrected chi connectivity index (χ2v) is 10.2. The number of nitrogens with one attached hydrogen (secondary N) is 1. The van der Waals surface area contributed by atoms with Crippen LogP contribution in [0.25, 0.3) is 0 Å². The molecule has 9 nitrogen and oxygen atoms in total. The van der Waals surface area contributed by atoms with Gasteiger partial charge in [0.2, 0.25) is 23.5 Å². The summed E-state index contributed by atoms with van der Waals surface area (Å²) in [7, 11) is 0. The second-order valence-electron chi connectivity index (χ2n) is 9.84. The lowest BCUT2D eigenvalue weighted by molar-refractivity contribution is -0.119. The number of rotatable bonds is 12. The van der Waals surface area contributed by atoms with Gasteiger partial charge in [0, 0.05) is 31.2 Å². The third-order valence-electron chi connectivity index (χ3n) is 6.14. The SMILES string of the molecule is CC(=O)NC(C)CCc1ccc(Oc2ccc(OCc3ccccc3)nn2)cc1.Clc1ccc(OCc2ccccc2)nn1. The third kappa shape index (κ3) is 11.7. The van der Waals surface area contributed by atoms with Crippen LogP contribution in [0.15, 0.2) is 109 Å². The van der Waals surface area contributed by atoms with Crippen LogP contribution >= 0.6 is 11.6 Å². The van der Waals surface area contributed by atoms with Crippen molar-refractivity contribution in [3.8, 4) is 23.4 Å². The van der Waals surface area contributed by atoms with Gasteiger partial charge in [0.1, 0.15) is 19.0 Å². The van der Waals surface area contributed by atoms with Crippen molar-refractivity contribution in [2.75, 3.05) is 0 Å². The molecule has 0 saturated heterocycles. The van der Waals surface area contributed by atoms with Crippen molar-refractivity contribution < 1.29 is 19.0 Å². The van der Waals surface area contributed by atoms with E-state index in [0.29, 0.717) is 41.8 Å². The van der Waals surface area contributed by atoms with E-state index in [1.165, 1.54) is 12.5 Å². The van der Waals surface area contributed by atoms with Crippen LogP contribution < -0.4 is 19.5 Å². The minimum Gasteiger partial charge on any atom is -0.472 e. The molecule has 0 aliphatic heterocycles. The summed E-state index contributed by atoms with van der Waals surface area (Å²) in [5.41, 5.74) is 3.35. The Morgan fingerprint density at radius 3 is 1.70 bits per heavy atom. The van der Waals surface area contributed by atoms with Gasteiger partial charge in [-0.3, -0.25) is 4.79 Å². The first-order valence-corrected chi connectivity index (χ1v) is 14.5. The molecule has 0 aliphatic rings. The van der Waals surface area contributed by atoms with Crippen molar-refractivity contribution in [3.63, 3.8) is 0 Å². The number of aryl methyl sites for hydroxylation is 1. The standard InChI is InChI=1S/C23H25N3O3.C11H9ClN2O/c1-17(24-18(2)27)8-9-19-10-12-21(13-11-19)29-23-15-14-22(25-26-23)28-16-20-6-4-3-5-7-20;12-10-6-7-11(14-13-10)15-8-9-4-2-1-3-5-9/h3-7,10-15,17H,8-9,16H2,1-2H3,(H,24,27);1-7H,8H2. The molecule has 0 aliphatic carbocycles. The summed E-state index contributed by atoms with van der Waals surface area (Å²) in [6, 6.07) is 34.6. The first kappa shape index (κ1) is 31.9. The van der Waals surface area contributed by atoms with Gasteiger partial charge in [-0.05, 0) is 54.7 Å². The largest absolute Gasteiger partial charge is 0.472 e. The van der Waals surface area contributed by atoms with E-state index >= 15 is 0 Å². The van der Waals surface area contributed by atoms with Crippen LogP contribution in [0.4, 0.5) is 0 Å². The number of carbonyl (C=O) groups is 1. The third-order valence-corrected chi connectivity index (χ3v) is 6.35. The highest BCUT2D eigenvalue weighted by molar-refractivity contribution is 6.29. The Morgan fingerprint density at radius 1 is 0.682 bits per heavy atom. The molecule has 1 amide bonds. The summed E-state index contributed by atoms with van der Waals surface area (Å²) in [5, 5.41) is 18.8. The van der Waals surface area contributed by atoms with Gasteiger partial charge in [-0.25, -0.2) is 0 Å². The quantitative estimate of drug-likeness (QED) is 0.160. The van der Waals surface area contributed by atoms with Crippen LogP contribution in [-0.2, 0) is 24.4 Å². The molecule has 0 spiro atoms. The molecular weight excluding hydrogens is 578 g/mol. The Labute approximate surface area is 262 Å². The Morgan fingerprint density at radius 2 is 1.20 bits per heavy atom. The number of hydrogen-bond acceptors (Lipinski definition) is 8. The van der Waals surface area contributed by atoms with Crippen molar-refractivity contribution in [3.05, 3.63) is 131 Å². The Bertz CT molecular complexity index is 1540. The summed E-state index contributed by atoms with van der Waals surface area (Å²) in [4.78, 5) is 11.1. The van der Waals surface area contributed by atoms with Crippen LogP contribution in [0.3, 0.4) is 0 Å². The molecule has 0 fully saturated rings. The summed E-state index contributed by atoms with van der Waals surface area (Å²) in [6.07, 6.45) is 1.77. The number of hydrogen-bond donors (Lipinski definition) is 1. The molecular formula is C34H34ClN5O4. The topological polar surface area (TPSA) is 108 Å². The van der Waals surface area contributed by atoms with Crippen molar-refractivity contribution in [2.45, 2.75) is 45.9 Å². The van der Waals surface area contributed by atoms with Crippen molar-refractivity contribution in [1.82, 2.24) is 25.7 Å². The second kappa shape index (κ2) is 17.2. The maximum Gasteiger partial charge on any atom is 0.239 e. The summed E-state index contributed by atoms with van der Waals surface area (Å²) < 4.78 is 16.8. The van der Waals surface area contributed by atoms with Gasteiger partial charge >= 0.3 is 0 Å². The van der Waals surface area contributed by atoms with Gasteiger partial charge in [0.15, 0.2) is 5.15 Å². The van der Waals surface area contributed by atoms with Crippen molar-refractivity contribution >= 4 is 17.5 Å². The lowest BCUT2D eigenvalue weighted by Crippen LogP contribution is -2.30. The van der Waals surface area contributed by atoms with E-state index in [0.717, 1.165) is 24.0 Å². The highest BCUT2D eigenvalue weighted by Gasteiger charge is 2.06. The predicted molar refractivity (Wildman–Crippen MR) is 169 cm³/mol. The van der Waals surface area contributed by atoms with E-state index in [1.54, 1.807) is 24.3 Å². The number of ether oxygens (including phenoxy) is 3. The molecule has 0 saturated carbocycles. The summed E-state index contributed by atoms with van der Waals surface area (Å²) >= 11 is 5.60. The lowest BCUT2D eigenvalue weighted by Gasteiger charge is -2.12. The molecule has 1 unspecified atom stereocenters. The zero-order valence-electron chi connectivity index (χ0n) is 24.6. The summed E-state index contributed by atoms with van der Waals surface area (Å²) in [6.45, 7) is 4.47. The lowest BCUT2D eigenvalue weighted by atomic mass is 10.1. The Balaban J connectivity index is 0.000000246. The number of benzene rings is 3. The van der Waals surface area contributed by atoms with Crippen molar-refractivity contribution in [1.29, 1.82) is 0 Å². The zero-order chi connectivity index (χ0) is 31.0. The zero-order valence-corrected chi connectivity index (χ0v) is 25.4. The number of aromatic nitrogens is 4. The molecule has 1 atom stereocenters.